The van der Waals surface area contributed by atoms with Crippen LogP contribution in [0.4, 0.5) is 8.78 Å². The summed E-state index contributed by atoms with van der Waals surface area (Å²) in [6.45, 7) is 5.66. The predicted octanol–water partition coefficient (Wildman–Crippen LogP) is 6.12. The Bertz CT molecular complexity index is 1470. The number of amides is 1. The molecule has 1 aromatic heterocycles. The van der Waals surface area contributed by atoms with E-state index in [2.05, 4.69) is 10.3 Å². The lowest BCUT2D eigenvalue weighted by molar-refractivity contribution is 0.0938. The Morgan fingerprint density at radius 3 is 2.47 bits per heavy atom. The van der Waals surface area contributed by atoms with Crippen LogP contribution in [0.1, 0.15) is 59.9 Å². The molecule has 0 spiro atoms. The van der Waals surface area contributed by atoms with E-state index in [1.165, 1.54) is 31.4 Å². The molecule has 0 fully saturated rings. The third-order valence-corrected chi connectivity index (χ3v) is 6.84. The standard InChI is InChI=1S/C29H28ClF2N3O3/c1-17(36)22-11-6-19(14-25(22)38-4)29(2,3)26-16-33-27(35(26)21-9-7-20(31)8-10-21)28(37)34-15-18-5-12-23(30)24(32)13-18/h5-14,16-17,36H,15H2,1-4H3,(H,34,37). The summed E-state index contributed by atoms with van der Waals surface area (Å²) in [5.74, 6) is -0.863. The molecular formula is C29H28ClF2N3O3. The lowest BCUT2D eigenvalue weighted by Gasteiger charge is -2.28. The van der Waals surface area contributed by atoms with Gasteiger partial charge in [0.15, 0.2) is 0 Å². The smallest absolute Gasteiger partial charge is 0.287 e. The van der Waals surface area contributed by atoms with Crippen molar-refractivity contribution in [3.63, 3.8) is 0 Å². The molecule has 0 saturated carbocycles. The topological polar surface area (TPSA) is 76.4 Å². The number of rotatable bonds is 8. The number of carbonyl (C=O) groups excluding carboxylic acids is 1. The largest absolute Gasteiger partial charge is 0.496 e. The van der Waals surface area contributed by atoms with Crippen molar-refractivity contribution in [3.05, 3.63) is 112 Å². The molecule has 0 bridgehead atoms. The molecule has 1 heterocycles. The molecule has 0 aliphatic rings. The van der Waals surface area contributed by atoms with Gasteiger partial charge in [0.2, 0.25) is 5.82 Å². The highest BCUT2D eigenvalue weighted by Gasteiger charge is 2.32. The second-order valence-electron chi connectivity index (χ2n) is 9.47. The molecule has 3 aromatic carbocycles. The lowest BCUT2D eigenvalue weighted by Crippen LogP contribution is -2.29. The van der Waals surface area contributed by atoms with E-state index < -0.39 is 29.1 Å². The minimum atomic E-state index is -0.712. The molecule has 38 heavy (non-hydrogen) atoms. The Labute approximate surface area is 224 Å². The summed E-state index contributed by atoms with van der Waals surface area (Å²) < 4.78 is 34.8. The highest BCUT2D eigenvalue weighted by atomic mass is 35.5. The first-order chi connectivity index (χ1) is 18.0. The zero-order valence-electron chi connectivity index (χ0n) is 21.4. The summed E-state index contributed by atoms with van der Waals surface area (Å²) in [4.78, 5) is 17.7. The molecule has 6 nitrogen and oxygen atoms in total. The number of methoxy groups -OCH3 is 1. The minimum absolute atomic E-state index is 0.00286. The van der Waals surface area contributed by atoms with E-state index in [4.69, 9.17) is 16.3 Å². The van der Waals surface area contributed by atoms with Crippen molar-refractivity contribution in [1.29, 1.82) is 0 Å². The molecule has 1 unspecified atom stereocenters. The number of imidazole rings is 1. The van der Waals surface area contributed by atoms with Crippen molar-refractivity contribution in [1.82, 2.24) is 14.9 Å². The maximum atomic E-state index is 13.8. The number of aliphatic hydroxyl groups excluding tert-OH is 1. The normalized spacial score (nSPS) is 12.3. The van der Waals surface area contributed by atoms with Crippen LogP contribution in [0.15, 0.2) is 66.9 Å². The average Bonchev–Trinajstić information content (AvgIpc) is 3.35. The Morgan fingerprint density at radius 1 is 1.13 bits per heavy atom. The number of nitrogens with one attached hydrogen (secondary N) is 1. The van der Waals surface area contributed by atoms with Gasteiger partial charge in [-0.05, 0) is 60.5 Å². The van der Waals surface area contributed by atoms with Gasteiger partial charge in [-0.1, -0.05) is 43.6 Å². The SMILES string of the molecule is COc1cc(C(C)(C)c2cnc(C(=O)NCc3ccc(Cl)c(F)c3)n2-c2ccc(F)cc2)ccc1C(C)O. The number of aromatic nitrogens is 2. The van der Waals surface area contributed by atoms with Crippen LogP contribution < -0.4 is 10.1 Å². The predicted molar refractivity (Wildman–Crippen MR) is 142 cm³/mol. The van der Waals surface area contributed by atoms with Crippen LogP contribution in [0.3, 0.4) is 0 Å². The first-order valence-corrected chi connectivity index (χ1v) is 12.3. The van der Waals surface area contributed by atoms with Gasteiger partial charge in [0.1, 0.15) is 17.4 Å². The van der Waals surface area contributed by atoms with E-state index >= 15 is 0 Å². The van der Waals surface area contributed by atoms with Gasteiger partial charge in [-0.2, -0.15) is 0 Å². The summed E-state index contributed by atoms with van der Waals surface area (Å²) >= 11 is 5.76. The molecule has 4 rings (SSSR count). The van der Waals surface area contributed by atoms with E-state index in [0.29, 0.717) is 28.3 Å². The molecule has 1 amide bonds. The van der Waals surface area contributed by atoms with Crippen LogP contribution in [0.5, 0.6) is 5.75 Å². The second-order valence-corrected chi connectivity index (χ2v) is 9.87. The van der Waals surface area contributed by atoms with Crippen LogP contribution in [0.2, 0.25) is 5.02 Å². The van der Waals surface area contributed by atoms with Gasteiger partial charge in [-0.3, -0.25) is 9.36 Å². The van der Waals surface area contributed by atoms with E-state index in [9.17, 15) is 18.7 Å². The van der Waals surface area contributed by atoms with E-state index in [1.807, 2.05) is 26.0 Å². The van der Waals surface area contributed by atoms with Gasteiger partial charge in [0, 0.05) is 23.2 Å². The summed E-state index contributed by atoms with van der Waals surface area (Å²) in [5.41, 5.74) is 2.55. The van der Waals surface area contributed by atoms with Gasteiger partial charge in [-0.15, -0.1) is 0 Å². The average molecular weight is 540 g/mol. The van der Waals surface area contributed by atoms with E-state index in [1.54, 1.807) is 42.0 Å². The Hall–Kier alpha value is -3.75. The maximum absolute atomic E-state index is 13.8. The molecule has 9 heteroatoms. The number of hydrogen-bond acceptors (Lipinski definition) is 4. The van der Waals surface area contributed by atoms with E-state index in [-0.39, 0.29) is 17.4 Å². The maximum Gasteiger partial charge on any atom is 0.287 e. The zero-order valence-corrected chi connectivity index (χ0v) is 22.2. The first-order valence-electron chi connectivity index (χ1n) is 12.0. The zero-order chi connectivity index (χ0) is 27.6. The van der Waals surface area contributed by atoms with Crippen molar-refractivity contribution >= 4 is 17.5 Å². The fourth-order valence-electron chi connectivity index (χ4n) is 4.31. The molecule has 198 valence electrons. The van der Waals surface area contributed by atoms with Crippen LogP contribution >= 0.6 is 11.6 Å². The number of carbonyl (C=O) groups is 1. The first kappa shape index (κ1) is 27.3. The molecule has 4 aromatic rings. The second kappa shape index (κ2) is 10.9. The molecule has 1 atom stereocenters. The third kappa shape index (κ3) is 5.42. The van der Waals surface area contributed by atoms with Crippen molar-refractivity contribution in [3.8, 4) is 11.4 Å². The lowest BCUT2D eigenvalue weighted by atomic mass is 9.80. The van der Waals surface area contributed by atoms with Crippen molar-refractivity contribution in [2.45, 2.75) is 38.8 Å². The Balaban J connectivity index is 1.76. The number of hydrogen-bond donors (Lipinski definition) is 2. The molecule has 2 N–H and O–H groups in total. The fraction of sp³-hybridized carbons (Fsp3) is 0.241. The van der Waals surface area contributed by atoms with Gasteiger partial charge in [-0.25, -0.2) is 13.8 Å². The van der Waals surface area contributed by atoms with Gasteiger partial charge >= 0.3 is 0 Å². The minimum Gasteiger partial charge on any atom is -0.496 e. The molecular weight excluding hydrogens is 512 g/mol. The van der Waals surface area contributed by atoms with Crippen LogP contribution in [-0.2, 0) is 12.0 Å². The molecule has 0 saturated heterocycles. The third-order valence-electron chi connectivity index (χ3n) is 6.53. The number of ether oxygens (including phenoxy) is 1. The van der Waals surface area contributed by atoms with Crippen molar-refractivity contribution in [2.24, 2.45) is 0 Å². The Morgan fingerprint density at radius 2 is 1.84 bits per heavy atom. The summed E-state index contributed by atoms with van der Waals surface area (Å²) in [5, 5.41) is 12.9. The van der Waals surface area contributed by atoms with Gasteiger partial charge in [0.25, 0.3) is 5.91 Å². The molecule has 0 aliphatic heterocycles. The number of nitrogens with zero attached hydrogens (tertiary/aromatic N) is 2. The number of benzene rings is 3. The van der Waals surface area contributed by atoms with Crippen molar-refractivity contribution in [2.75, 3.05) is 7.11 Å². The summed E-state index contributed by atoms with van der Waals surface area (Å²) in [7, 11) is 1.54. The van der Waals surface area contributed by atoms with Gasteiger partial charge < -0.3 is 15.2 Å². The highest BCUT2D eigenvalue weighted by Crippen LogP contribution is 2.37. The monoisotopic (exact) mass is 539 g/mol. The quantitative estimate of drug-likeness (QED) is 0.283. The number of halogens is 3. The molecule has 0 radical (unpaired) electrons. The van der Waals surface area contributed by atoms with Crippen LogP contribution in [0.25, 0.3) is 5.69 Å². The molecule has 0 aliphatic carbocycles. The van der Waals surface area contributed by atoms with Gasteiger partial charge in [0.05, 0.1) is 30.1 Å². The summed E-state index contributed by atoms with van der Waals surface area (Å²) in [6.07, 6.45) is 0.895. The van der Waals surface area contributed by atoms with Crippen LogP contribution in [0, 0.1) is 11.6 Å². The van der Waals surface area contributed by atoms with Crippen LogP contribution in [-0.4, -0.2) is 27.7 Å². The fourth-order valence-corrected chi connectivity index (χ4v) is 4.43. The highest BCUT2D eigenvalue weighted by molar-refractivity contribution is 6.30. The van der Waals surface area contributed by atoms with Crippen molar-refractivity contribution < 1.29 is 23.4 Å². The summed E-state index contributed by atoms with van der Waals surface area (Å²) in [6, 6.07) is 15.6. The van der Waals surface area contributed by atoms with E-state index in [0.717, 1.165) is 5.56 Å². The Kier molecular flexibility index (Phi) is 7.85. The number of aliphatic hydroxyl groups is 1.